The van der Waals surface area contributed by atoms with Gasteiger partial charge in [-0.15, -0.1) is 0 Å². The molecule has 1 fully saturated rings. The van der Waals surface area contributed by atoms with Crippen LogP contribution in [0.1, 0.15) is 71.1 Å². The molecule has 0 aromatic carbocycles. The lowest BCUT2D eigenvalue weighted by molar-refractivity contribution is -0.157. The van der Waals surface area contributed by atoms with Crippen molar-refractivity contribution in [1.29, 1.82) is 0 Å². The van der Waals surface area contributed by atoms with E-state index in [-0.39, 0.29) is 5.92 Å². The largest absolute Gasteiger partial charge is 0.464 e. The maximum Gasteiger partial charge on any atom is 0.335 e. The molecular weight excluding hydrogens is 228 g/mol. The van der Waals surface area contributed by atoms with Gasteiger partial charge >= 0.3 is 5.97 Å². The van der Waals surface area contributed by atoms with E-state index in [2.05, 4.69) is 6.92 Å². The van der Waals surface area contributed by atoms with Gasteiger partial charge in [-0.25, -0.2) is 4.79 Å². The van der Waals surface area contributed by atoms with Crippen LogP contribution in [0.5, 0.6) is 0 Å². The number of aliphatic hydroxyl groups excluding tert-OH is 1. The van der Waals surface area contributed by atoms with E-state index in [0.717, 1.165) is 38.5 Å². The molecule has 1 N–H and O–H groups in total. The summed E-state index contributed by atoms with van der Waals surface area (Å²) in [7, 11) is 0. The first-order chi connectivity index (χ1) is 8.75. The third kappa shape index (κ3) is 5.85. The quantitative estimate of drug-likeness (QED) is 0.534. The first-order valence-corrected chi connectivity index (χ1v) is 7.60. The molecule has 3 heteroatoms. The summed E-state index contributed by atoms with van der Waals surface area (Å²) in [5.74, 6) is -0.274. The number of hydrogen-bond acceptors (Lipinski definition) is 3. The van der Waals surface area contributed by atoms with E-state index in [1.54, 1.807) is 0 Å². The van der Waals surface area contributed by atoms with Gasteiger partial charge in [-0.1, -0.05) is 51.9 Å². The van der Waals surface area contributed by atoms with Crippen LogP contribution in [-0.4, -0.2) is 23.8 Å². The Morgan fingerprint density at radius 3 is 2.50 bits per heavy atom. The van der Waals surface area contributed by atoms with E-state index in [0.29, 0.717) is 6.61 Å². The van der Waals surface area contributed by atoms with Crippen LogP contribution in [0.15, 0.2) is 0 Å². The van der Waals surface area contributed by atoms with Crippen molar-refractivity contribution in [3.05, 3.63) is 0 Å². The van der Waals surface area contributed by atoms with Gasteiger partial charge < -0.3 is 9.84 Å². The number of carbonyl (C=O) groups is 1. The second kappa shape index (κ2) is 9.37. The number of aliphatic hydroxyl groups is 1. The minimum absolute atomic E-state index is 0.131. The molecule has 1 aliphatic carbocycles. The van der Waals surface area contributed by atoms with Gasteiger partial charge in [0.15, 0.2) is 6.10 Å². The highest BCUT2D eigenvalue weighted by atomic mass is 16.5. The third-order valence-electron chi connectivity index (χ3n) is 3.83. The molecule has 18 heavy (non-hydrogen) atoms. The normalized spacial score (nSPS) is 18.6. The second-order valence-corrected chi connectivity index (χ2v) is 5.42. The first-order valence-electron chi connectivity index (χ1n) is 7.60. The summed E-state index contributed by atoms with van der Waals surface area (Å²) in [4.78, 5) is 11.7. The van der Waals surface area contributed by atoms with Crippen LogP contribution >= 0.6 is 0 Å². The van der Waals surface area contributed by atoms with Gasteiger partial charge in [0.05, 0.1) is 6.61 Å². The van der Waals surface area contributed by atoms with E-state index in [1.807, 2.05) is 0 Å². The van der Waals surface area contributed by atoms with Gasteiger partial charge in [0, 0.05) is 0 Å². The molecule has 0 bridgehead atoms. The maximum atomic E-state index is 11.7. The standard InChI is InChI=1S/C15H28O3/c1-2-3-4-5-9-12-18-15(17)14(16)13-10-7-6-8-11-13/h13-14,16H,2-12H2,1H3/t14-/m1/s1. The predicted octanol–water partition coefficient (Wildman–Crippen LogP) is 3.44. The van der Waals surface area contributed by atoms with Crippen molar-refractivity contribution < 1.29 is 14.6 Å². The van der Waals surface area contributed by atoms with Crippen LogP contribution in [0.2, 0.25) is 0 Å². The Morgan fingerprint density at radius 1 is 1.17 bits per heavy atom. The average molecular weight is 256 g/mol. The van der Waals surface area contributed by atoms with Gasteiger partial charge in [0.25, 0.3) is 0 Å². The summed E-state index contributed by atoms with van der Waals surface area (Å²) in [6.45, 7) is 2.65. The molecule has 0 aromatic rings. The van der Waals surface area contributed by atoms with E-state index >= 15 is 0 Å². The molecule has 1 atom stereocenters. The van der Waals surface area contributed by atoms with Crippen molar-refractivity contribution in [3.63, 3.8) is 0 Å². The lowest BCUT2D eigenvalue weighted by atomic mass is 9.85. The molecule has 0 radical (unpaired) electrons. The predicted molar refractivity (Wildman–Crippen MR) is 72.3 cm³/mol. The smallest absolute Gasteiger partial charge is 0.335 e. The summed E-state index contributed by atoms with van der Waals surface area (Å²) < 4.78 is 5.15. The molecule has 1 saturated carbocycles. The number of esters is 1. The van der Waals surface area contributed by atoms with Crippen LogP contribution in [0.3, 0.4) is 0 Å². The third-order valence-corrected chi connectivity index (χ3v) is 3.83. The van der Waals surface area contributed by atoms with Gasteiger partial charge in [0.1, 0.15) is 0 Å². The SMILES string of the molecule is CCCCCCCOC(=O)[C@H](O)C1CCCCC1. The summed E-state index contributed by atoms with van der Waals surface area (Å²) >= 11 is 0. The van der Waals surface area contributed by atoms with Crippen LogP contribution in [0.25, 0.3) is 0 Å². The molecule has 0 unspecified atom stereocenters. The summed E-state index contributed by atoms with van der Waals surface area (Å²) in [6, 6.07) is 0. The summed E-state index contributed by atoms with van der Waals surface area (Å²) in [5.41, 5.74) is 0. The molecule has 1 rings (SSSR count). The topological polar surface area (TPSA) is 46.5 Å². The minimum atomic E-state index is -0.888. The minimum Gasteiger partial charge on any atom is -0.464 e. The Kier molecular flexibility index (Phi) is 8.06. The van der Waals surface area contributed by atoms with Crippen LogP contribution < -0.4 is 0 Å². The van der Waals surface area contributed by atoms with E-state index in [1.165, 1.54) is 25.7 Å². The first kappa shape index (κ1) is 15.5. The number of ether oxygens (including phenoxy) is 1. The maximum absolute atomic E-state index is 11.7. The molecule has 0 saturated heterocycles. The van der Waals surface area contributed by atoms with Crippen molar-refractivity contribution in [2.75, 3.05) is 6.61 Å². The number of carbonyl (C=O) groups excluding carboxylic acids is 1. The molecule has 0 spiro atoms. The van der Waals surface area contributed by atoms with Crippen molar-refractivity contribution in [2.24, 2.45) is 5.92 Å². The molecule has 0 aliphatic heterocycles. The fourth-order valence-electron chi connectivity index (χ4n) is 2.61. The highest BCUT2D eigenvalue weighted by Gasteiger charge is 2.28. The monoisotopic (exact) mass is 256 g/mol. The number of unbranched alkanes of at least 4 members (excludes halogenated alkanes) is 4. The van der Waals surface area contributed by atoms with Crippen molar-refractivity contribution in [3.8, 4) is 0 Å². The molecule has 0 heterocycles. The van der Waals surface area contributed by atoms with Gasteiger partial charge in [-0.2, -0.15) is 0 Å². The van der Waals surface area contributed by atoms with Crippen LogP contribution in [0, 0.1) is 5.92 Å². The van der Waals surface area contributed by atoms with Crippen LogP contribution in [-0.2, 0) is 9.53 Å². The van der Waals surface area contributed by atoms with Crippen molar-refractivity contribution in [2.45, 2.75) is 77.2 Å². The summed E-state index contributed by atoms with van der Waals surface area (Å²) in [5, 5.41) is 9.91. The highest BCUT2D eigenvalue weighted by molar-refractivity contribution is 5.74. The summed E-state index contributed by atoms with van der Waals surface area (Å²) in [6.07, 6.45) is 10.2. The Bertz CT molecular complexity index is 222. The van der Waals surface area contributed by atoms with Gasteiger partial charge in [-0.05, 0) is 25.2 Å². The fourth-order valence-corrected chi connectivity index (χ4v) is 2.61. The Balaban J connectivity index is 2.07. The number of rotatable bonds is 8. The highest BCUT2D eigenvalue weighted by Crippen LogP contribution is 2.26. The molecule has 106 valence electrons. The molecule has 0 aromatic heterocycles. The Morgan fingerprint density at radius 2 is 1.83 bits per heavy atom. The Hall–Kier alpha value is -0.570. The zero-order valence-electron chi connectivity index (χ0n) is 11.7. The van der Waals surface area contributed by atoms with E-state index in [9.17, 15) is 9.90 Å². The molecular formula is C15H28O3. The van der Waals surface area contributed by atoms with E-state index < -0.39 is 12.1 Å². The number of hydrogen-bond donors (Lipinski definition) is 1. The fraction of sp³-hybridized carbons (Fsp3) is 0.933. The zero-order chi connectivity index (χ0) is 13.2. The lowest BCUT2D eigenvalue weighted by Crippen LogP contribution is -2.32. The Labute approximate surface area is 111 Å². The van der Waals surface area contributed by atoms with Crippen LogP contribution in [0.4, 0.5) is 0 Å². The van der Waals surface area contributed by atoms with Gasteiger partial charge in [-0.3, -0.25) is 0 Å². The average Bonchev–Trinajstić information content (AvgIpc) is 2.42. The van der Waals surface area contributed by atoms with Crippen molar-refractivity contribution in [1.82, 2.24) is 0 Å². The second-order valence-electron chi connectivity index (χ2n) is 5.42. The molecule has 1 aliphatic rings. The zero-order valence-corrected chi connectivity index (χ0v) is 11.7. The lowest BCUT2D eigenvalue weighted by Gasteiger charge is -2.25. The van der Waals surface area contributed by atoms with Gasteiger partial charge in [0.2, 0.25) is 0 Å². The van der Waals surface area contributed by atoms with Crippen molar-refractivity contribution >= 4 is 5.97 Å². The molecule has 3 nitrogen and oxygen atoms in total. The molecule has 0 amide bonds. The van der Waals surface area contributed by atoms with E-state index in [4.69, 9.17) is 4.74 Å².